The lowest BCUT2D eigenvalue weighted by molar-refractivity contribution is -0.388. The van der Waals surface area contributed by atoms with Crippen molar-refractivity contribution in [3.8, 4) is 0 Å². The van der Waals surface area contributed by atoms with Gasteiger partial charge in [0, 0.05) is 13.0 Å². The molecule has 1 aromatic heterocycles. The van der Waals surface area contributed by atoms with Gasteiger partial charge in [0.1, 0.15) is 0 Å². The number of nitrogens with zero attached hydrogens (tertiary/aromatic N) is 2. The smallest absolute Gasteiger partial charge is 0.389 e. The number of hydrogen-bond acceptors (Lipinski definition) is 5. The number of aryl methyl sites for hydroxylation is 1. The third-order valence-corrected chi connectivity index (χ3v) is 1.37. The molecule has 0 saturated carbocycles. The van der Waals surface area contributed by atoms with E-state index in [0.717, 1.165) is 0 Å². The molecule has 64 valence electrons. The highest BCUT2D eigenvalue weighted by molar-refractivity contribution is 5.71. The normalized spacial score (nSPS) is 9.75. The summed E-state index contributed by atoms with van der Waals surface area (Å²) in [7, 11) is 0. The van der Waals surface area contributed by atoms with Crippen molar-refractivity contribution in [1.29, 1.82) is 0 Å². The number of nitro groups is 1. The molecule has 0 spiro atoms. The van der Waals surface area contributed by atoms with Crippen LogP contribution in [0.25, 0.3) is 0 Å². The Bertz CT molecular complexity index is 337. The molecular weight excluding hydrogens is 160 g/mol. The van der Waals surface area contributed by atoms with E-state index in [1.165, 1.54) is 6.07 Å². The van der Waals surface area contributed by atoms with Crippen LogP contribution in [0.3, 0.4) is 0 Å². The Morgan fingerprint density at radius 1 is 1.58 bits per heavy atom. The minimum absolute atomic E-state index is 0.0781. The van der Waals surface area contributed by atoms with E-state index in [1.54, 1.807) is 6.92 Å². The van der Waals surface area contributed by atoms with Gasteiger partial charge < -0.3 is 21.6 Å². The summed E-state index contributed by atoms with van der Waals surface area (Å²) in [6.45, 7) is 1.61. The Kier molecular flexibility index (Phi) is 1.82. The first kappa shape index (κ1) is 8.25. The van der Waals surface area contributed by atoms with Gasteiger partial charge in [-0.1, -0.05) is 0 Å². The van der Waals surface area contributed by atoms with Gasteiger partial charge in [0.15, 0.2) is 11.4 Å². The Labute approximate surface area is 68.3 Å². The van der Waals surface area contributed by atoms with Crippen LogP contribution in [0.1, 0.15) is 5.69 Å². The second-order valence-electron chi connectivity index (χ2n) is 2.35. The molecule has 1 rings (SSSR count). The van der Waals surface area contributed by atoms with Crippen molar-refractivity contribution in [2.45, 2.75) is 6.92 Å². The summed E-state index contributed by atoms with van der Waals surface area (Å²) in [4.78, 5) is 13.3. The van der Waals surface area contributed by atoms with Crippen LogP contribution in [-0.2, 0) is 0 Å². The fourth-order valence-electron chi connectivity index (χ4n) is 0.831. The maximum absolute atomic E-state index is 10.3. The lowest BCUT2D eigenvalue weighted by atomic mass is 10.3. The van der Waals surface area contributed by atoms with Crippen LogP contribution in [-0.4, -0.2) is 9.91 Å². The van der Waals surface area contributed by atoms with Gasteiger partial charge >= 0.3 is 5.82 Å². The second kappa shape index (κ2) is 2.65. The Morgan fingerprint density at radius 3 is 2.67 bits per heavy atom. The van der Waals surface area contributed by atoms with Crippen molar-refractivity contribution in [2.24, 2.45) is 0 Å². The van der Waals surface area contributed by atoms with Crippen LogP contribution in [0, 0.1) is 17.0 Å². The highest BCUT2D eigenvalue weighted by atomic mass is 16.6. The lowest BCUT2D eigenvalue weighted by Crippen LogP contribution is -2.03. The summed E-state index contributed by atoms with van der Waals surface area (Å²) in [6.07, 6.45) is 0. The van der Waals surface area contributed by atoms with Crippen LogP contribution < -0.4 is 11.5 Å². The van der Waals surface area contributed by atoms with E-state index in [0.29, 0.717) is 5.69 Å². The van der Waals surface area contributed by atoms with Gasteiger partial charge in [0.05, 0.1) is 5.69 Å². The van der Waals surface area contributed by atoms with Gasteiger partial charge in [0.25, 0.3) is 0 Å². The van der Waals surface area contributed by atoms with Crippen LogP contribution >= 0.6 is 0 Å². The van der Waals surface area contributed by atoms with Gasteiger partial charge in [-0.3, -0.25) is 0 Å². The molecule has 12 heavy (non-hydrogen) atoms. The maximum atomic E-state index is 10.3. The van der Waals surface area contributed by atoms with E-state index in [4.69, 9.17) is 11.5 Å². The molecule has 4 N–H and O–H groups in total. The standard InChI is InChI=1S/C6H8N4O2/c1-3-2-4(7)5(8)6(9-3)10(11)12/h2H,8H2,1H3,(H2,7,9). The van der Waals surface area contributed by atoms with E-state index in [2.05, 4.69) is 4.98 Å². The van der Waals surface area contributed by atoms with Gasteiger partial charge in [0.2, 0.25) is 0 Å². The van der Waals surface area contributed by atoms with Crippen molar-refractivity contribution < 1.29 is 4.92 Å². The number of anilines is 2. The second-order valence-corrected chi connectivity index (χ2v) is 2.35. The zero-order chi connectivity index (χ0) is 9.30. The summed E-state index contributed by atoms with van der Waals surface area (Å²) in [5, 5.41) is 10.3. The molecule has 0 amide bonds. The zero-order valence-electron chi connectivity index (χ0n) is 6.44. The molecule has 1 aromatic rings. The quantitative estimate of drug-likeness (QED) is 0.467. The van der Waals surface area contributed by atoms with Crippen LogP contribution in [0.15, 0.2) is 6.07 Å². The van der Waals surface area contributed by atoms with Crippen molar-refractivity contribution in [3.63, 3.8) is 0 Å². The summed E-state index contributed by atoms with van der Waals surface area (Å²) in [6, 6.07) is 1.49. The Morgan fingerprint density at radius 2 is 2.17 bits per heavy atom. The van der Waals surface area contributed by atoms with E-state index >= 15 is 0 Å². The first-order valence-electron chi connectivity index (χ1n) is 3.19. The van der Waals surface area contributed by atoms with E-state index in [1.807, 2.05) is 0 Å². The molecule has 6 heteroatoms. The molecule has 0 aliphatic carbocycles. The molecule has 1 heterocycles. The monoisotopic (exact) mass is 168 g/mol. The SMILES string of the molecule is Cc1cc(N)c(N)c([N+](=O)[O-])n1. The summed E-state index contributed by atoms with van der Waals surface area (Å²) in [5.41, 5.74) is 11.3. The minimum Gasteiger partial charge on any atom is -0.397 e. The van der Waals surface area contributed by atoms with Crippen LogP contribution in [0.5, 0.6) is 0 Å². The van der Waals surface area contributed by atoms with Crippen LogP contribution in [0.4, 0.5) is 17.2 Å². The fourth-order valence-corrected chi connectivity index (χ4v) is 0.831. The summed E-state index contributed by atoms with van der Waals surface area (Å²) in [5.74, 6) is -0.382. The minimum atomic E-state index is -0.654. The highest BCUT2D eigenvalue weighted by Gasteiger charge is 2.16. The Balaban J connectivity index is 3.37. The fraction of sp³-hybridized carbons (Fsp3) is 0.167. The van der Waals surface area contributed by atoms with Crippen molar-refractivity contribution in [2.75, 3.05) is 11.5 Å². The molecule has 0 atom stereocenters. The molecule has 0 aliphatic heterocycles. The lowest BCUT2D eigenvalue weighted by Gasteiger charge is -2.00. The average molecular weight is 168 g/mol. The van der Waals surface area contributed by atoms with Gasteiger partial charge in [-0.15, -0.1) is 0 Å². The third kappa shape index (κ3) is 1.26. The molecule has 0 bridgehead atoms. The van der Waals surface area contributed by atoms with Gasteiger partial charge in [-0.05, 0) is 9.91 Å². The van der Waals surface area contributed by atoms with Crippen molar-refractivity contribution in [1.82, 2.24) is 4.98 Å². The third-order valence-electron chi connectivity index (χ3n) is 1.37. The van der Waals surface area contributed by atoms with Crippen molar-refractivity contribution >= 4 is 17.2 Å². The molecule has 6 nitrogen and oxygen atoms in total. The largest absolute Gasteiger partial charge is 0.397 e. The number of pyridine rings is 1. The maximum Gasteiger partial charge on any atom is 0.389 e. The first-order chi connectivity index (χ1) is 5.52. The first-order valence-corrected chi connectivity index (χ1v) is 3.19. The highest BCUT2D eigenvalue weighted by Crippen LogP contribution is 2.24. The topological polar surface area (TPSA) is 108 Å². The van der Waals surface area contributed by atoms with E-state index in [9.17, 15) is 10.1 Å². The Hall–Kier alpha value is -1.85. The molecular formula is C6H8N4O2. The number of rotatable bonds is 1. The zero-order valence-corrected chi connectivity index (χ0v) is 6.44. The van der Waals surface area contributed by atoms with Crippen LogP contribution in [0.2, 0.25) is 0 Å². The van der Waals surface area contributed by atoms with E-state index < -0.39 is 4.92 Å². The number of nitrogens with two attached hydrogens (primary N) is 2. The molecule has 0 radical (unpaired) electrons. The van der Waals surface area contributed by atoms with Gasteiger partial charge in [-0.2, -0.15) is 0 Å². The number of nitrogen functional groups attached to an aromatic ring is 2. The average Bonchev–Trinajstić information content (AvgIpc) is 1.96. The van der Waals surface area contributed by atoms with Gasteiger partial charge in [-0.25, -0.2) is 0 Å². The predicted octanol–water partition coefficient (Wildman–Crippen LogP) is 0.463. The molecule has 0 fully saturated rings. The number of hydrogen-bond donors (Lipinski definition) is 2. The van der Waals surface area contributed by atoms with Crippen molar-refractivity contribution in [3.05, 3.63) is 21.9 Å². The molecule has 0 aromatic carbocycles. The molecule has 0 aliphatic rings. The summed E-state index contributed by atoms with van der Waals surface area (Å²) >= 11 is 0. The summed E-state index contributed by atoms with van der Waals surface area (Å²) < 4.78 is 0. The van der Waals surface area contributed by atoms with E-state index in [-0.39, 0.29) is 17.2 Å². The molecule has 0 unspecified atom stereocenters. The molecule has 0 saturated heterocycles. The number of aromatic nitrogens is 1. The predicted molar refractivity (Wildman–Crippen MR) is 44.5 cm³/mol.